The van der Waals surface area contributed by atoms with E-state index in [0.717, 1.165) is 37.1 Å². The third-order valence-electron chi connectivity index (χ3n) is 6.57. The van der Waals surface area contributed by atoms with Crippen molar-refractivity contribution in [2.24, 2.45) is 0 Å². The zero-order chi connectivity index (χ0) is 24.4. The summed E-state index contributed by atoms with van der Waals surface area (Å²) in [4.78, 5) is 33.4. The van der Waals surface area contributed by atoms with Crippen LogP contribution in [-0.2, 0) is 6.42 Å². The van der Waals surface area contributed by atoms with Gasteiger partial charge in [0.15, 0.2) is 5.78 Å². The number of hydrogen-bond donors (Lipinski definition) is 1. The largest absolute Gasteiger partial charge is 0.360 e. The Morgan fingerprint density at radius 2 is 1.42 bits per heavy atom. The lowest BCUT2D eigenvalue weighted by Crippen LogP contribution is -2.49. The van der Waals surface area contributed by atoms with Gasteiger partial charge in [-0.3, -0.25) is 14.5 Å². The number of halogens is 3. The molecular formula is C28H26ClF2N3O2. The van der Waals surface area contributed by atoms with Gasteiger partial charge in [-0.1, -0.05) is 12.1 Å². The van der Waals surface area contributed by atoms with Gasteiger partial charge in [-0.2, -0.15) is 0 Å². The molecule has 0 radical (unpaired) electrons. The van der Waals surface area contributed by atoms with E-state index < -0.39 is 5.82 Å². The van der Waals surface area contributed by atoms with E-state index in [1.54, 1.807) is 30.5 Å². The molecule has 1 fully saturated rings. The van der Waals surface area contributed by atoms with Crippen molar-refractivity contribution in [2.75, 3.05) is 32.7 Å². The lowest BCUT2D eigenvalue weighted by Gasteiger charge is -2.34. The van der Waals surface area contributed by atoms with Crippen LogP contribution in [0.4, 0.5) is 8.78 Å². The van der Waals surface area contributed by atoms with Crippen molar-refractivity contribution in [1.82, 2.24) is 14.8 Å². The Kier molecular flexibility index (Phi) is 7.82. The molecule has 5 rings (SSSR count). The van der Waals surface area contributed by atoms with Crippen LogP contribution in [0.3, 0.4) is 0 Å². The van der Waals surface area contributed by atoms with Crippen LogP contribution in [0.2, 0.25) is 0 Å². The van der Waals surface area contributed by atoms with E-state index in [4.69, 9.17) is 0 Å². The SMILES string of the molecule is Cl.O=C(c1ccc(F)cc1)c1c[nH]c2ccc(C(=O)N3CCN(CCc4ccc(F)cc4)CC3)cc12. The number of benzene rings is 3. The molecule has 0 atom stereocenters. The van der Waals surface area contributed by atoms with Gasteiger partial charge in [-0.25, -0.2) is 8.78 Å². The Morgan fingerprint density at radius 1 is 0.806 bits per heavy atom. The van der Waals surface area contributed by atoms with E-state index in [9.17, 15) is 18.4 Å². The summed E-state index contributed by atoms with van der Waals surface area (Å²) in [6, 6.07) is 17.3. The first-order valence-electron chi connectivity index (χ1n) is 11.7. The Hall–Kier alpha value is -3.55. The molecule has 1 N–H and O–H groups in total. The predicted molar refractivity (Wildman–Crippen MR) is 138 cm³/mol. The number of amides is 1. The van der Waals surface area contributed by atoms with Gasteiger partial charge in [0.05, 0.1) is 0 Å². The van der Waals surface area contributed by atoms with Crippen molar-refractivity contribution in [1.29, 1.82) is 0 Å². The molecule has 4 aromatic rings. The summed E-state index contributed by atoms with van der Waals surface area (Å²) < 4.78 is 26.3. The number of hydrogen-bond acceptors (Lipinski definition) is 3. The molecule has 0 aliphatic carbocycles. The first-order valence-corrected chi connectivity index (χ1v) is 11.7. The van der Waals surface area contributed by atoms with E-state index in [0.29, 0.717) is 35.2 Å². The van der Waals surface area contributed by atoms with Crippen molar-refractivity contribution >= 4 is 35.0 Å². The Balaban J connectivity index is 0.00000304. The number of carbonyl (C=O) groups is 2. The van der Waals surface area contributed by atoms with Gasteiger partial charge in [0.2, 0.25) is 0 Å². The number of piperazine rings is 1. The number of aromatic nitrogens is 1. The van der Waals surface area contributed by atoms with Crippen LogP contribution in [0.25, 0.3) is 10.9 Å². The molecule has 36 heavy (non-hydrogen) atoms. The maximum absolute atomic E-state index is 13.2. The minimum atomic E-state index is -0.399. The molecule has 0 spiro atoms. The molecule has 0 bridgehead atoms. The fourth-order valence-corrected chi connectivity index (χ4v) is 4.49. The quantitative estimate of drug-likeness (QED) is 0.368. The second-order valence-corrected chi connectivity index (χ2v) is 8.81. The minimum absolute atomic E-state index is 0. The highest BCUT2D eigenvalue weighted by molar-refractivity contribution is 6.17. The summed E-state index contributed by atoms with van der Waals surface area (Å²) in [6.07, 6.45) is 2.47. The molecule has 0 unspecified atom stereocenters. The van der Waals surface area contributed by atoms with E-state index in [-0.39, 0.29) is 29.9 Å². The summed E-state index contributed by atoms with van der Waals surface area (Å²) in [5.41, 5.74) is 3.23. The summed E-state index contributed by atoms with van der Waals surface area (Å²) in [5, 5.41) is 0.670. The maximum atomic E-state index is 13.2. The fraction of sp³-hybridized carbons (Fsp3) is 0.214. The predicted octanol–water partition coefficient (Wildman–Crippen LogP) is 5.10. The van der Waals surface area contributed by atoms with Crippen molar-refractivity contribution in [3.63, 3.8) is 0 Å². The standard InChI is InChI=1S/C28H25F2N3O2.ClH/c29-22-6-1-19(2-7-22)11-12-32-13-15-33(16-14-32)28(35)21-5-10-26-24(17-21)25(18-31-26)27(34)20-3-8-23(30)9-4-20;/h1-10,17-18,31H,11-16H2;1H. The highest BCUT2D eigenvalue weighted by Gasteiger charge is 2.23. The molecule has 1 amide bonds. The fourth-order valence-electron chi connectivity index (χ4n) is 4.49. The highest BCUT2D eigenvalue weighted by atomic mass is 35.5. The van der Waals surface area contributed by atoms with E-state index in [2.05, 4.69) is 9.88 Å². The number of fused-ring (bicyclic) bond motifs is 1. The van der Waals surface area contributed by atoms with Gasteiger partial charge in [-0.05, 0) is 66.6 Å². The number of H-pyrrole nitrogens is 1. The van der Waals surface area contributed by atoms with Crippen molar-refractivity contribution in [3.8, 4) is 0 Å². The normalized spacial score (nSPS) is 14.0. The summed E-state index contributed by atoms with van der Waals surface area (Å²) in [5.74, 6) is -0.920. The molecule has 8 heteroatoms. The van der Waals surface area contributed by atoms with Crippen molar-refractivity contribution in [2.45, 2.75) is 6.42 Å². The van der Waals surface area contributed by atoms with Crippen molar-refractivity contribution < 1.29 is 18.4 Å². The van der Waals surface area contributed by atoms with E-state index in [1.807, 2.05) is 11.0 Å². The van der Waals surface area contributed by atoms with Gasteiger partial charge in [-0.15, -0.1) is 12.4 Å². The summed E-state index contributed by atoms with van der Waals surface area (Å²) >= 11 is 0. The number of ketones is 1. The van der Waals surface area contributed by atoms with Gasteiger partial charge in [0.25, 0.3) is 5.91 Å². The second kappa shape index (κ2) is 11.0. The number of nitrogens with zero attached hydrogens (tertiary/aromatic N) is 2. The first kappa shape index (κ1) is 25.5. The molecule has 186 valence electrons. The van der Waals surface area contributed by atoms with Crippen LogP contribution in [0.1, 0.15) is 31.8 Å². The number of aromatic amines is 1. The lowest BCUT2D eigenvalue weighted by molar-refractivity contribution is 0.0638. The molecule has 1 aromatic heterocycles. The smallest absolute Gasteiger partial charge is 0.253 e. The van der Waals surface area contributed by atoms with Gasteiger partial charge < -0.3 is 9.88 Å². The number of nitrogens with one attached hydrogen (secondary N) is 1. The Bertz CT molecular complexity index is 1360. The van der Waals surface area contributed by atoms with Crippen molar-refractivity contribution in [3.05, 3.63) is 107 Å². The van der Waals surface area contributed by atoms with Crippen LogP contribution in [0.15, 0.2) is 72.9 Å². The third-order valence-corrected chi connectivity index (χ3v) is 6.57. The second-order valence-electron chi connectivity index (χ2n) is 8.81. The molecule has 3 aromatic carbocycles. The summed E-state index contributed by atoms with van der Waals surface area (Å²) in [6.45, 7) is 3.64. The topological polar surface area (TPSA) is 56.4 Å². The molecule has 1 aliphatic rings. The Labute approximate surface area is 214 Å². The van der Waals surface area contributed by atoms with Gasteiger partial charge >= 0.3 is 0 Å². The minimum Gasteiger partial charge on any atom is -0.360 e. The van der Waals surface area contributed by atoms with E-state index >= 15 is 0 Å². The number of rotatable bonds is 6. The molecule has 2 heterocycles. The van der Waals surface area contributed by atoms with Crippen LogP contribution >= 0.6 is 12.4 Å². The van der Waals surface area contributed by atoms with Crippen LogP contribution in [0.5, 0.6) is 0 Å². The first-order chi connectivity index (χ1) is 17.0. The monoisotopic (exact) mass is 509 g/mol. The molecule has 0 saturated carbocycles. The zero-order valence-corrected chi connectivity index (χ0v) is 20.4. The average molecular weight is 510 g/mol. The van der Waals surface area contributed by atoms with Crippen LogP contribution in [0, 0.1) is 11.6 Å². The lowest BCUT2D eigenvalue weighted by atomic mass is 10.0. The number of carbonyl (C=O) groups excluding carboxylic acids is 2. The summed E-state index contributed by atoms with van der Waals surface area (Å²) in [7, 11) is 0. The highest BCUT2D eigenvalue weighted by Crippen LogP contribution is 2.24. The Morgan fingerprint density at radius 3 is 2.08 bits per heavy atom. The zero-order valence-electron chi connectivity index (χ0n) is 19.5. The molecule has 5 nitrogen and oxygen atoms in total. The average Bonchev–Trinajstić information content (AvgIpc) is 3.31. The van der Waals surface area contributed by atoms with Crippen LogP contribution in [-0.4, -0.2) is 59.2 Å². The molecular weight excluding hydrogens is 484 g/mol. The maximum Gasteiger partial charge on any atom is 0.253 e. The van der Waals surface area contributed by atoms with Gasteiger partial charge in [0.1, 0.15) is 11.6 Å². The van der Waals surface area contributed by atoms with E-state index in [1.165, 1.54) is 36.4 Å². The van der Waals surface area contributed by atoms with Crippen LogP contribution < -0.4 is 0 Å². The molecule has 1 saturated heterocycles. The van der Waals surface area contributed by atoms with Gasteiger partial charge in [0, 0.05) is 66.5 Å². The third kappa shape index (κ3) is 5.48. The molecule has 1 aliphatic heterocycles.